The van der Waals surface area contributed by atoms with Crippen LogP contribution < -0.4 is 5.32 Å². The van der Waals surface area contributed by atoms with Gasteiger partial charge in [-0.25, -0.2) is 4.79 Å². The average Bonchev–Trinajstić information content (AvgIpc) is 2.87. The SMILES string of the molecule is CCCCC(=O)N[C@@H](Cc1c[nH]c2ccccc12)C(=O)O.[Na]. The van der Waals surface area contributed by atoms with Gasteiger partial charge in [0.15, 0.2) is 0 Å². The summed E-state index contributed by atoms with van der Waals surface area (Å²) in [4.78, 5) is 26.2. The molecule has 1 radical (unpaired) electrons. The van der Waals surface area contributed by atoms with Gasteiger partial charge in [0.2, 0.25) is 5.91 Å². The van der Waals surface area contributed by atoms with E-state index in [4.69, 9.17) is 0 Å². The van der Waals surface area contributed by atoms with Crippen molar-refractivity contribution in [3.63, 3.8) is 0 Å². The molecule has 113 valence electrons. The Morgan fingerprint density at radius 2 is 2.05 bits per heavy atom. The van der Waals surface area contributed by atoms with Crippen molar-refractivity contribution in [1.82, 2.24) is 10.3 Å². The Hall–Kier alpha value is -1.30. The van der Waals surface area contributed by atoms with Crippen molar-refractivity contribution in [1.29, 1.82) is 0 Å². The first-order valence-corrected chi connectivity index (χ1v) is 7.19. The standard InChI is InChI=1S/C16H20N2O3.Na/c1-2-3-8-15(19)18-14(16(20)21)9-11-10-17-13-7-5-4-6-12(11)13;/h4-7,10,14,17H,2-3,8-9H2,1H3,(H,18,19)(H,20,21);/t14-;/m0./s1. The molecule has 6 heteroatoms. The number of unbranched alkanes of at least 4 members (excludes halogenated alkanes) is 1. The van der Waals surface area contributed by atoms with Gasteiger partial charge in [-0.1, -0.05) is 31.5 Å². The molecular formula is C16H20N2NaO3. The summed E-state index contributed by atoms with van der Waals surface area (Å²) in [5, 5.41) is 12.9. The van der Waals surface area contributed by atoms with Crippen LogP contribution >= 0.6 is 0 Å². The van der Waals surface area contributed by atoms with Crippen LogP contribution in [0.25, 0.3) is 10.9 Å². The minimum absolute atomic E-state index is 0. The number of aliphatic carboxylic acids is 1. The van der Waals surface area contributed by atoms with Gasteiger partial charge >= 0.3 is 5.97 Å². The molecule has 3 N–H and O–H groups in total. The van der Waals surface area contributed by atoms with Crippen molar-refractivity contribution in [2.45, 2.75) is 38.6 Å². The van der Waals surface area contributed by atoms with E-state index in [9.17, 15) is 14.7 Å². The quantitative estimate of drug-likeness (QED) is 0.685. The first-order chi connectivity index (χ1) is 10.1. The fraction of sp³-hybridized carbons (Fsp3) is 0.375. The van der Waals surface area contributed by atoms with E-state index in [0.29, 0.717) is 6.42 Å². The smallest absolute Gasteiger partial charge is 0.326 e. The third-order valence-corrected chi connectivity index (χ3v) is 3.49. The van der Waals surface area contributed by atoms with Crippen LogP contribution in [0.2, 0.25) is 0 Å². The van der Waals surface area contributed by atoms with E-state index in [2.05, 4.69) is 10.3 Å². The van der Waals surface area contributed by atoms with E-state index in [1.807, 2.05) is 31.2 Å². The van der Waals surface area contributed by atoms with Crippen molar-refractivity contribution in [2.24, 2.45) is 0 Å². The molecule has 0 saturated carbocycles. The number of fused-ring (bicyclic) bond motifs is 1. The zero-order valence-electron chi connectivity index (χ0n) is 13.1. The minimum Gasteiger partial charge on any atom is -0.480 e. The van der Waals surface area contributed by atoms with Gasteiger partial charge in [-0.15, -0.1) is 0 Å². The number of hydrogen-bond acceptors (Lipinski definition) is 2. The third kappa shape index (κ3) is 4.87. The van der Waals surface area contributed by atoms with Gasteiger partial charge in [0.05, 0.1) is 0 Å². The molecular weight excluding hydrogens is 291 g/mol. The second kappa shape index (κ2) is 8.98. The predicted octanol–water partition coefficient (Wildman–Crippen LogP) is 2.09. The number of nitrogens with one attached hydrogen (secondary N) is 2. The number of amides is 1. The zero-order chi connectivity index (χ0) is 15.2. The van der Waals surface area contributed by atoms with Crippen LogP contribution in [0, 0.1) is 0 Å². The number of H-pyrrole nitrogens is 1. The number of hydrogen-bond donors (Lipinski definition) is 3. The minimum atomic E-state index is -1.01. The van der Waals surface area contributed by atoms with Crippen LogP contribution in [-0.2, 0) is 16.0 Å². The molecule has 0 fully saturated rings. The number of para-hydroxylation sites is 1. The number of carboxylic acid groups (broad SMARTS) is 1. The Morgan fingerprint density at radius 3 is 2.73 bits per heavy atom. The molecule has 1 heterocycles. The fourth-order valence-corrected chi connectivity index (χ4v) is 2.32. The molecule has 0 saturated heterocycles. The summed E-state index contributed by atoms with van der Waals surface area (Å²) in [6, 6.07) is 6.82. The second-order valence-electron chi connectivity index (χ2n) is 5.13. The Bertz CT molecular complexity index is 639. The molecule has 0 bridgehead atoms. The molecule has 1 amide bonds. The molecule has 0 aliphatic rings. The second-order valence-corrected chi connectivity index (χ2v) is 5.13. The van der Waals surface area contributed by atoms with Gasteiger partial charge in [-0.2, -0.15) is 0 Å². The van der Waals surface area contributed by atoms with Crippen LogP contribution in [0.5, 0.6) is 0 Å². The summed E-state index contributed by atoms with van der Waals surface area (Å²) in [7, 11) is 0. The number of benzene rings is 1. The van der Waals surface area contributed by atoms with E-state index < -0.39 is 12.0 Å². The Balaban J connectivity index is 0.00000242. The molecule has 0 aliphatic carbocycles. The normalized spacial score (nSPS) is 11.7. The molecule has 22 heavy (non-hydrogen) atoms. The molecule has 2 aromatic rings. The number of aromatic nitrogens is 1. The summed E-state index contributed by atoms with van der Waals surface area (Å²) in [6.07, 6.45) is 4.13. The molecule has 5 nitrogen and oxygen atoms in total. The average molecular weight is 311 g/mol. The molecule has 1 atom stereocenters. The number of carbonyl (C=O) groups excluding carboxylic acids is 1. The van der Waals surface area contributed by atoms with Crippen LogP contribution in [0.4, 0.5) is 0 Å². The van der Waals surface area contributed by atoms with E-state index in [1.54, 1.807) is 6.20 Å². The molecule has 2 rings (SSSR count). The summed E-state index contributed by atoms with van der Waals surface area (Å²) in [5.74, 6) is -1.21. The Kier molecular flexibility index (Phi) is 7.65. The Morgan fingerprint density at radius 1 is 1.32 bits per heavy atom. The van der Waals surface area contributed by atoms with Crippen LogP contribution in [-0.4, -0.2) is 57.6 Å². The monoisotopic (exact) mass is 311 g/mol. The van der Waals surface area contributed by atoms with Crippen molar-refractivity contribution in [3.8, 4) is 0 Å². The molecule has 0 aliphatic heterocycles. The predicted molar refractivity (Wildman–Crippen MR) is 86.8 cm³/mol. The summed E-state index contributed by atoms with van der Waals surface area (Å²) in [5.41, 5.74) is 1.86. The van der Waals surface area contributed by atoms with Gasteiger partial charge in [0, 0.05) is 59.5 Å². The van der Waals surface area contributed by atoms with Crippen LogP contribution in [0.1, 0.15) is 31.7 Å². The van der Waals surface area contributed by atoms with Crippen molar-refractivity contribution >= 4 is 52.3 Å². The maximum absolute atomic E-state index is 11.7. The van der Waals surface area contributed by atoms with Crippen molar-refractivity contribution < 1.29 is 14.7 Å². The van der Waals surface area contributed by atoms with E-state index in [0.717, 1.165) is 29.3 Å². The van der Waals surface area contributed by atoms with Gasteiger partial charge in [0.25, 0.3) is 0 Å². The first-order valence-electron chi connectivity index (χ1n) is 7.19. The third-order valence-electron chi connectivity index (χ3n) is 3.49. The number of carbonyl (C=O) groups is 2. The maximum atomic E-state index is 11.7. The topological polar surface area (TPSA) is 82.2 Å². The Labute approximate surface area is 151 Å². The summed E-state index contributed by atoms with van der Waals surface area (Å²) < 4.78 is 0. The molecule has 1 aromatic carbocycles. The van der Waals surface area contributed by atoms with Crippen molar-refractivity contribution in [2.75, 3.05) is 0 Å². The number of rotatable bonds is 7. The largest absolute Gasteiger partial charge is 0.480 e. The van der Waals surface area contributed by atoms with Crippen LogP contribution in [0.3, 0.4) is 0 Å². The fourth-order valence-electron chi connectivity index (χ4n) is 2.32. The van der Waals surface area contributed by atoms with Crippen molar-refractivity contribution in [3.05, 3.63) is 36.0 Å². The van der Waals surface area contributed by atoms with E-state index >= 15 is 0 Å². The summed E-state index contributed by atoms with van der Waals surface area (Å²) >= 11 is 0. The van der Waals surface area contributed by atoms with E-state index in [-0.39, 0.29) is 41.9 Å². The van der Waals surface area contributed by atoms with Gasteiger partial charge in [0.1, 0.15) is 6.04 Å². The molecule has 1 aromatic heterocycles. The summed E-state index contributed by atoms with van der Waals surface area (Å²) in [6.45, 7) is 1.99. The van der Waals surface area contributed by atoms with Crippen LogP contribution in [0.15, 0.2) is 30.5 Å². The van der Waals surface area contributed by atoms with Gasteiger partial charge < -0.3 is 15.4 Å². The maximum Gasteiger partial charge on any atom is 0.326 e. The number of carboxylic acids is 1. The van der Waals surface area contributed by atoms with Gasteiger partial charge in [-0.3, -0.25) is 4.79 Å². The molecule has 0 unspecified atom stereocenters. The van der Waals surface area contributed by atoms with Gasteiger partial charge in [-0.05, 0) is 18.1 Å². The van der Waals surface area contributed by atoms with E-state index in [1.165, 1.54) is 0 Å². The molecule has 0 spiro atoms. The first kappa shape index (κ1) is 18.7. The zero-order valence-corrected chi connectivity index (χ0v) is 15.1. The number of aromatic amines is 1.